The number of hydrogen-bond acceptors (Lipinski definition) is 2. The van der Waals surface area contributed by atoms with E-state index < -0.39 is 0 Å². The SMILES string of the molecule is Cc1ccc(C)c(OC2CCN(C(=O)C3CC3c3ccccc3Cl)CC2)c1. The van der Waals surface area contributed by atoms with Crippen LogP contribution in [-0.2, 0) is 4.79 Å². The first kappa shape index (κ1) is 18.4. The lowest BCUT2D eigenvalue weighted by Crippen LogP contribution is -2.42. The third-order valence-corrected chi connectivity index (χ3v) is 6.15. The molecular formula is C23H26ClNO2. The van der Waals surface area contributed by atoms with Gasteiger partial charge in [-0.25, -0.2) is 0 Å². The van der Waals surface area contributed by atoms with E-state index in [0.717, 1.165) is 48.7 Å². The Bertz CT molecular complexity index is 842. The van der Waals surface area contributed by atoms with Gasteiger partial charge < -0.3 is 9.64 Å². The zero-order valence-electron chi connectivity index (χ0n) is 16.0. The predicted molar refractivity (Wildman–Crippen MR) is 108 cm³/mol. The van der Waals surface area contributed by atoms with Crippen LogP contribution in [0.25, 0.3) is 0 Å². The Labute approximate surface area is 166 Å². The lowest BCUT2D eigenvalue weighted by atomic mass is 10.0. The molecular weight excluding hydrogens is 358 g/mol. The molecule has 142 valence electrons. The number of hydrogen-bond donors (Lipinski definition) is 0. The van der Waals surface area contributed by atoms with Crippen LogP contribution in [0.3, 0.4) is 0 Å². The number of rotatable bonds is 4. The first-order valence-electron chi connectivity index (χ1n) is 9.80. The van der Waals surface area contributed by atoms with Crippen molar-refractivity contribution in [2.45, 2.75) is 45.1 Å². The fourth-order valence-electron chi connectivity index (χ4n) is 4.03. The van der Waals surface area contributed by atoms with Crippen molar-refractivity contribution in [2.24, 2.45) is 5.92 Å². The monoisotopic (exact) mass is 383 g/mol. The van der Waals surface area contributed by atoms with Crippen LogP contribution in [-0.4, -0.2) is 30.0 Å². The molecule has 1 heterocycles. The third-order valence-electron chi connectivity index (χ3n) is 5.80. The first-order valence-corrected chi connectivity index (χ1v) is 10.2. The van der Waals surface area contributed by atoms with Gasteiger partial charge in [-0.05, 0) is 55.0 Å². The lowest BCUT2D eigenvalue weighted by Gasteiger charge is -2.32. The second-order valence-corrected chi connectivity index (χ2v) is 8.29. The Balaban J connectivity index is 1.31. The molecule has 2 atom stereocenters. The Morgan fingerprint density at radius 1 is 1.11 bits per heavy atom. The number of carbonyl (C=O) groups excluding carboxylic acids is 1. The van der Waals surface area contributed by atoms with Gasteiger partial charge in [-0.1, -0.05) is 41.9 Å². The number of nitrogens with zero attached hydrogens (tertiary/aromatic N) is 1. The fraction of sp³-hybridized carbons (Fsp3) is 0.435. The van der Waals surface area contributed by atoms with Gasteiger partial charge in [-0.2, -0.15) is 0 Å². The zero-order chi connectivity index (χ0) is 19.0. The Morgan fingerprint density at radius 2 is 1.85 bits per heavy atom. The van der Waals surface area contributed by atoms with Crippen LogP contribution in [0.2, 0.25) is 5.02 Å². The van der Waals surface area contributed by atoms with E-state index in [2.05, 4.69) is 32.0 Å². The molecule has 2 aliphatic rings. The summed E-state index contributed by atoms with van der Waals surface area (Å²) in [5, 5.41) is 0.776. The Kier molecular flexibility index (Phi) is 5.14. The van der Waals surface area contributed by atoms with Crippen LogP contribution in [0.15, 0.2) is 42.5 Å². The van der Waals surface area contributed by atoms with Crippen molar-refractivity contribution in [2.75, 3.05) is 13.1 Å². The van der Waals surface area contributed by atoms with Gasteiger partial charge in [0.05, 0.1) is 0 Å². The molecule has 0 aromatic heterocycles. The van der Waals surface area contributed by atoms with E-state index in [1.54, 1.807) is 0 Å². The number of aryl methyl sites for hydroxylation is 2. The maximum absolute atomic E-state index is 12.9. The molecule has 2 aromatic carbocycles. The average molecular weight is 384 g/mol. The second kappa shape index (κ2) is 7.55. The summed E-state index contributed by atoms with van der Waals surface area (Å²) in [7, 11) is 0. The van der Waals surface area contributed by atoms with Crippen molar-refractivity contribution >= 4 is 17.5 Å². The maximum Gasteiger partial charge on any atom is 0.226 e. The van der Waals surface area contributed by atoms with Gasteiger partial charge in [0, 0.05) is 36.9 Å². The Morgan fingerprint density at radius 3 is 2.59 bits per heavy atom. The number of amides is 1. The highest BCUT2D eigenvalue weighted by Crippen LogP contribution is 2.50. The third kappa shape index (κ3) is 3.98. The molecule has 3 nitrogen and oxygen atoms in total. The van der Waals surface area contributed by atoms with Crippen molar-refractivity contribution in [3.63, 3.8) is 0 Å². The van der Waals surface area contributed by atoms with E-state index in [1.165, 1.54) is 11.1 Å². The smallest absolute Gasteiger partial charge is 0.226 e. The molecule has 0 radical (unpaired) electrons. The van der Waals surface area contributed by atoms with Gasteiger partial charge in [-0.3, -0.25) is 4.79 Å². The van der Waals surface area contributed by atoms with Crippen molar-refractivity contribution in [1.82, 2.24) is 4.90 Å². The molecule has 0 N–H and O–H groups in total. The maximum atomic E-state index is 12.9. The van der Waals surface area contributed by atoms with E-state index in [0.29, 0.717) is 0 Å². The van der Waals surface area contributed by atoms with Gasteiger partial charge in [0.15, 0.2) is 0 Å². The highest BCUT2D eigenvalue weighted by molar-refractivity contribution is 6.31. The summed E-state index contributed by atoms with van der Waals surface area (Å²) in [6.45, 7) is 5.72. The minimum Gasteiger partial charge on any atom is -0.490 e. The molecule has 1 saturated carbocycles. The van der Waals surface area contributed by atoms with Crippen molar-refractivity contribution < 1.29 is 9.53 Å². The Hall–Kier alpha value is -2.00. The molecule has 27 heavy (non-hydrogen) atoms. The number of piperidine rings is 1. The van der Waals surface area contributed by atoms with Crippen LogP contribution in [0.5, 0.6) is 5.75 Å². The number of halogens is 1. The highest BCUT2D eigenvalue weighted by Gasteiger charge is 2.46. The number of benzene rings is 2. The van der Waals surface area contributed by atoms with Gasteiger partial charge >= 0.3 is 0 Å². The lowest BCUT2D eigenvalue weighted by molar-refractivity contribution is -0.134. The summed E-state index contributed by atoms with van der Waals surface area (Å²) in [6, 6.07) is 14.2. The molecule has 2 unspecified atom stereocenters. The van der Waals surface area contributed by atoms with E-state index in [4.69, 9.17) is 16.3 Å². The van der Waals surface area contributed by atoms with Crippen LogP contribution < -0.4 is 4.74 Å². The van der Waals surface area contributed by atoms with Gasteiger partial charge in [-0.15, -0.1) is 0 Å². The number of carbonyl (C=O) groups is 1. The average Bonchev–Trinajstić information content (AvgIpc) is 3.46. The molecule has 1 aliphatic carbocycles. The molecule has 4 rings (SSSR count). The van der Waals surface area contributed by atoms with E-state index in [9.17, 15) is 4.79 Å². The second-order valence-electron chi connectivity index (χ2n) is 7.88. The van der Waals surface area contributed by atoms with E-state index in [-0.39, 0.29) is 23.8 Å². The summed E-state index contributed by atoms with van der Waals surface area (Å²) in [5.41, 5.74) is 3.49. The largest absolute Gasteiger partial charge is 0.490 e. The highest BCUT2D eigenvalue weighted by atomic mass is 35.5. The summed E-state index contributed by atoms with van der Waals surface area (Å²) in [6.07, 6.45) is 2.89. The van der Waals surface area contributed by atoms with Crippen molar-refractivity contribution in [3.05, 3.63) is 64.2 Å². The molecule has 1 aliphatic heterocycles. The van der Waals surface area contributed by atoms with Gasteiger partial charge in [0.2, 0.25) is 5.91 Å². The molecule has 1 amide bonds. The predicted octanol–water partition coefficient (Wildman–Crippen LogP) is 5.13. The van der Waals surface area contributed by atoms with Gasteiger partial charge in [0.25, 0.3) is 0 Å². The van der Waals surface area contributed by atoms with Crippen LogP contribution in [0.1, 0.15) is 41.9 Å². The quantitative estimate of drug-likeness (QED) is 0.732. The number of likely N-dealkylation sites (tertiary alicyclic amines) is 1. The van der Waals surface area contributed by atoms with Crippen LogP contribution >= 0.6 is 11.6 Å². The molecule has 0 spiro atoms. The van der Waals surface area contributed by atoms with Crippen molar-refractivity contribution in [3.8, 4) is 5.75 Å². The fourth-order valence-corrected chi connectivity index (χ4v) is 4.31. The van der Waals surface area contributed by atoms with E-state index in [1.807, 2.05) is 29.2 Å². The normalized spacial score (nSPS) is 22.6. The van der Waals surface area contributed by atoms with Gasteiger partial charge in [0.1, 0.15) is 11.9 Å². The minimum atomic E-state index is 0.0985. The molecule has 1 saturated heterocycles. The van der Waals surface area contributed by atoms with Crippen LogP contribution in [0.4, 0.5) is 0 Å². The standard InChI is InChI=1S/C23H26ClNO2/c1-15-7-8-16(2)22(13-15)27-17-9-11-25(12-10-17)23(26)20-14-19(20)18-5-3-4-6-21(18)24/h3-8,13,17,19-20H,9-12,14H2,1-2H3. The molecule has 2 fully saturated rings. The first-order chi connectivity index (χ1) is 13.0. The summed E-state index contributed by atoms with van der Waals surface area (Å²) < 4.78 is 6.22. The summed E-state index contributed by atoms with van der Waals surface area (Å²) in [5.74, 6) is 1.64. The number of ether oxygens (including phenoxy) is 1. The van der Waals surface area contributed by atoms with E-state index >= 15 is 0 Å². The molecule has 0 bridgehead atoms. The topological polar surface area (TPSA) is 29.5 Å². The molecule has 4 heteroatoms. The van der Waals surface area contributed by atoms with Crippen molar-refractivity contribution in [1.29, 1.82) is 0 Å². The zero-order valence-corrected chi connectivity index (χ0v) is 16.7. The summed E-state index contributed by atoms with van der Waals surface area (Å²) in [4.78, 5) is 14.9. The minimum absolute atomic E-state index is 0.0985. The van der Waals surface area contributed by atoms with Crippen LogP contribution in [0, 0.1) is 19.8 Å². The molecule has 2 aromatic rings. The summed E-state index contributed by atoms with van der Waals surface area (Å²) >= 11 is 6.29.